The fourth-order valence-corrected chi connectivity index (χ4v) is 3.10. The predicted octanol–water partition coefficient (Wildman–Crippen LogP) is 0.111. The van der Waals surface area contributed by atoms with Crippen LogP contribution >= 0.6 is 0 Å². The number of carbonyl (C=O) groups excluding carboxylic acids is 1. The highest BCUT2D eigenvalue weighted by molar-refractivity contribution is 6.09. The fraction of sp³-hybridized carbons (Fsp3) is 0.300. The quantitative estimate of drug-likeness (QED) is 0.228. The first-order chi connectivity index (χ1) is 15.0. The summed E-state index contributed by atoms with van der Waals surface area (Å²) in [6.07, 6.45) is -9.89. The lowest BCUT2D eigenvalue weighted by atomic mass is 9.99. The molecule has 5 N–H and O–H groups in total. The standard InChI is InChI=1S/C20H19NO11/c1-8-2-4-9(5-3-8)13(22)10-6-11(21(29)30)14(23)12(7-10)31-20-17(26)15(24)16(25)18(32-20)19(27)28/h2-7,15-18,20,23-26H,1H3,(H,27,28)/t15-,16+,17+,18+,20-/m1/s1. The summed E-state index contributed by atoms with van der Waals surface area (Å²) in [5, 5.41) is 60.4. The van der Waals surface area contributed by atoms with Gasteiger partial charge in [-0.2, -0.15) is 0 Å². The van der Waals surface area contributed by atoms with Gasteiger partial charge in [0.05, 0.1) is 4.92 Å². The third-order valence-electron chi connectivity index (χ3n) is 4.88. The van der Waals surface area contributed by atoms with Gasteiger partial charge >= 0.3 is 11.7 Å². The molecule has 0 unspecified atom stereocenters. The second-order valence-corrected chi connectivity index (χ2v) is 7.15. The number of phenolic OH excluding ortho intramolecular Hbond substituents is 1. The summed E-state index contributed by atoms with van der Waals surface area (Å²) in [6, 6.07) is 8.10. The number of carboxylic acids is 1. The van der Waals surface area contributed by atoms with E-state index in [2.05, 4.69) is 0 Å². The van der Waals surface area contributed by atoms with Crippen LogP contribution in [-0.4, -0.2) is 72.9 Å². The number of phenols is 1. The molecular formula is C20H19NO11. The van der Waals surface area contributed by atoms with Gasteiger partial charge in [0.1, 0.15) is 18.3 Å². The van der Waals surface area contributed by atoms with Crippen LogP contribution in [0.1, 0.15) is 21.5 Å². The number of hydrogen-bond donors (Lipinski definition) is 5. The van der Waals surface area contributed by atoms with Crippen LogP contribution in [0.3, 0.4) is 0 Å². The van der Waals surface area contributed by atoms with Gasteiger partial charge in [0, 0.05) is 17.2 Å². The molecule has 1 aliphatic rings. The Bertz CT molecular complexity index is 1050. The van der Waals surface area contributed by atoms with E-state index in [1.54, 1.807) is 19.1 Å². The van der Waals surface area contributed by atoms with Crippen molar-refractivity contribution >= 4 is 17.4 Å². The highest BCUT2D eigenvalue weighted by Crippen LogP contribution is 2.39. The van der Waals surface area contributed by atoms with Crippen LogP contribution in [-0.2, 0) is 9.53 Å². The van der Waals surface area contributed by atoms with Crippen LogP contribution in [0.25, 0.3) is 0 Å². The van der Waals surface area contributed by atoms with Crippen molar-refractivity contribution in [3.05, 3.63) is 63.2 Å². The van der Waals surface area contributed by atoms with Gasteiger partial charge in [-0.3, -0.25) is 14.9 Å². The van der Waals surface area contributed by atoms with E-state index in [-0.39, 0.29) is 11.1 Å². The normalized spacial score (nSPS) is 25.2. The van der Waals surface area contributed by atoms with E-state index in [9.17, 15) is 40.1 Å². The number of nitro benzene ring substituents is 1. The van der Waals surface area contributed by atoms with Crippen LogP contribution < -0.4 is 4.74 Å². The van der Waals surface area contributed by atoms with Crippen molar-refractivity contribution in [1.29, 1.82) is 0 Å². The molecule has 170 valence electrons. The SMILES string of the molecule is Cc1ccc(C(=O)c2cc(O[C@@H]3O[C@H](C(=O)O)[C@@H](O)[C@@H](O)[C@@H]3O)c(O)c([N+](=O)[O-])c2)cc1. The number of carbonyl (C=O) groups is 2. The molecular weight excluding hydrogens is 430 g/mol. The van der Waals surface area contributed by atoms with E-state index >= 15 is 0 Å². The van der Waals surface area contributed by atoms with Crippen molar-refractivity contribution in [2.45, 2.75) is 37.6 Å². The molecule has 32 heavy (non-hydrogen) atoms. The van der Waals surface area contributed by atoms with Gasteiger partial charge in [0.25, 0.3) is 0 Å². The summed E-state index contributed by atoms with van der Waals surface area (Å²) in [6.45, 7) is 1.80. The summed E-state index contributed by atoms with van der Waals surface area (Å²) in [5.74, 6) is -4.00. The Morgan fingerprint density at radius 2 is 1.66 bits per heavy atom. The number of aliphatic hydroxyl groups excluding tert-OH is 3. The zero-order valence-electron chi connectivity index (χ0n) is 16.5. The highest BCUT2D eigenvalue weighted by Gasteiger charge is 2.48. The maximum atomic E-state index is 12.8. The van der Waals surface area contributed by atoms with E-state index < -0.39 is 64.6 Å². The maximum Gasteiger partial charge on any atom is 0.335 e. The minimum Gasteiger partial charge on any atom is -0.500 e. The monoisotopic (exact) mass is 449 g/mol. The predicted molar refractivity (Wildman–Crippen MR) is 104 cm³/mol. The van der Waals surface area contributed by atoms with Crippen molar-refractivity contribution in [1.82, 2.24) is 0 Å². The Hall–Kier alpha value is -3.58. The smallest absolute Gasteiger partial charge is 0.335 e. The Labute approximate surface area is 180 Å². The molecule has 5 atom stereocenters. The number of aliphatic hydroxyl groups is 3. The highest BCUT2D eigenvalue weighted by atomic mass is 16.7. The molecule has 0 bridgehead atoms. The van der Waals surface area contributed by atoms with Crippen LogP contribution in [0.15, 0.2) is 36.4 Å². The second-order valence-electron chi connectivity index (χ2n) is 7.15. The summed E-state index contributed by atoms with van der Waals surface area (Å²) >= 11 is 0. The Morgan fingerprint density at radius 1 is 1.03 bits per heavy atom. The van der Waals surface area contributed by atoms with Gasteiger partial charge in [0.15, 0.2) is 17.6 Å². The molecule has 12 heteroatoms. The van der Waals surface area contributed by atoms with E-state index in [4.69, 9.17) is 14.6 Å². The molecule has 2 aromatic rings. The number of aromatic hydroxyl groups is 1. The number of aryl methyl sites for hydroxylation is 1. The van der Waals surface area contributed by atoms with Crippen molar-refractivity contribution in [3.8, 4) is 11.5 Å². The molecule has 0 radical (unpaired) electrons. The molecule has 1 saturated heterocycles. The van der Waals surface area contributed by atoms with Gasteiger partial charge in [-0.25, -0.2) is 4.79 Å². The van der Waals surface area contributed by atoms with Crippen LogP contribution in [0, 0.1) is 17.0 Å². The number of nitrogens with zero attached hydrogens (tertiary/aromatic N) is 1. The number of hydrogen-bond acceptors (Lipinski definition) is 10. The molecule has 0 amide bonds. The van der Waals surface area contributed by atoms with Gasteiger partial charge < -0.3 is 35.0 Å². The number of benzene rings is 2. The molecule has 1 aliphatic heterocycles. The molecule has 2 aromatic carbocycles. The first-order valence-electron chi connectivity index (χ1n) is 9.23. The van der Waals surface area contributed by atoms with Crippen molar-refractivity contribution in [2.24, 2.45) is 0 Å². The number of aliphatic carboxylic acids is 1. The maximum absolute atomic E-state index is 12.8. The van der Waals surface area contributed by atoms with Crippen molar-refractivity contribution in [2.75, 3.05) is 0 Å². The molecule has 0 spiro atoms. The average molecular weight is 449 g/mol. The number of ether oxygens (including phenoxy) is 2. The van der Waals surface area contributed by atoms with Gasteiger partial charge in [-0.1, -0.05) is 29.8 Å². The number of nitro groups is 1. The molecule has 1 fully saturated rings. The minimum atomic E-state index is -2.00. The number of carboxylic acid groups (broad SMARTS) is 1. The van der Waals surface area contributed by atoms with Crippen molar-refractivity contribution < 1.29 is 49.5 Å². The third kappa shape index (κ3) is 4.38. The first-order valence-corrected chi connectivity index (χ1v) is 9.23. The Morgan fingerprint density at radius 3 is 2.22 bits per heavy atom. The lowest BCUT2D eigenvalue weighted by Crippen LogP contribution is -2.61. The van der Waals surface area contributed by atoms with Gasteiger partial charge in [-0.15, -0.1) is 0 Å². The first kappa shape index (κ1) is 23.1. The van der Waals surface area contributed by atoms with E-state index in [0.717, 1.165) is 17.7 Å². The topological polar surface area (TPSA) is 197 Å². The molecule has 0 aliphatic carbocycles. The second kappa shape index (κ2) is 8.88. The van der Waals surface area contributed by atoms with Crippen molar-refractivity contribution in [3.63, 3.8) is 0 Å². The number of rotatable bonds is 6. The van der Waals surface area contributed by atoms with Gasteiger partial charge in [-0.05, 0) is 13.0 Å². The van der Waals surface area contributed by atoms with Gasteiger partial charge in [0.2, 0.25) is 12.0 Å². The third-order valence-corrected chi connectivity index (χ3v) is 4.88. The summed E-state index contributed by atoms with van der Waals surface area (Å²) in [4.78, 5) is 34.4. The van der Waals surface area contributed by atoms with Crippen LogP contribution in [0.5, 0.6) is 11.5 Å². The largest absolute Gasteiger partial charge is 0.500 e. The molecule has 3 rings (SSSR count). The zero-order chi connectivity index (χ0) is 23.7. The zero-order valence-corrected chi connectivity index (χ0v) is 16.5. The molecule has 12 nitrogen and oxygen atoms in total. The lowest BCUT2D eigenvalue weighted by molar-refractivity contribution is -0.386. The van der Waals surface area contributed by atoms with Crippen LogP contribution in [0.2, 0.25) is 0 Å². The fourth-order valence-electron chi connectivity index (χ4n) is 3.10. The molecule has 1 heterocycles. The molecule has 0 aromatic heterocycles. The van der Waals surface area contributed by atoms with E-state index in [0.29, 0.717) is 0 Å². The van der Waals surface area contributed by atoms with Crippen LogP contribution in [0.4, 0.5) is 5.69 Å². The average Bonchev–Trinajstić information content (AvgIpc) is 2.74. The summed E-state index contributed by atoms with van der Waals surface area (Å²) in [5.41, 5.74) is -0.0629. The van der Waals surface area contributed by atoms with E-state index in [1.807, 2.05) is 0 Å². The lowest BCUT2D eigenvalue weighted by Gasteiger charge is -2.38. The Balaban J connectivity index is 2.00. The molecule has 0 saturated carbocycles. The summed E-state index contributed by atoms with van der Waals surface area (Å²) in [7, 11) is 0. The minimum absolute atomic E-state index is 0.194. The van der Waals surface area contributed by atoms with E-state index in [1.165, 1.54) is 12.1 Å². The summed E-state index contributed by atoms with van der Waals surface area (Å²) < 4.78 is 10.2. The number of ketones is 1. The Kier molecular flexibility index (Phi) is 6.41.